The van der Waals surface area contributed by atoms with E-state index >= 15 is 0 Å². The molecule has 0 aromatic rings. The molecule has 0 radical (unpaired) electrons. The van der Waals surface area contributed by atoms with Crippen molar-refractivity contribution in [2.45, 2.75) is 115 Å². The molecule has 30 heavy (non-hydrogen) atoms. The third-order valence-corrected chi connectivity index (χ3v) is 15.0. The first-order valence-corrected chi connectivity index (χ1v) is 16.6. The molecule has 178 valence electrons. The van der Waals surface area contributed by atoms with Gasteiger partial charge in [-0.05, 0) is 30.5 Å². The number of unbranched alkanes of at least 4 members (excludes halogenated alkanes) is 4. The first-order valence-electron chi connectivity index (χ1n) is 12.3. The van der Waals surface area contributed by atoms with E-state index in [0.717, 1.165) is 12.1 Å². The van der Waals surface area contributed by atoms with Gasteiger partial charge in [0.1, 0.15) is 0 Å². The summed E-state index contributed by atoms with van der Waals surface area (Å²) in [7, 11) is -0.148. The molecule has 1 saturated carbocycles. The maximum absolute atomic E-state index is 13.4. The lowest BCUT2D eigenvalue weighted by molar-refractivity contribution is -0.139. The third-order valence-electron chi connectivity index (χ3n) is 6.95. The Kier molecular flexibility index (Phi) is 13.7. The van der Waals surface area contributed by atoms with Gasteiger partial charge in [-0.15, -0.1) is 0 Å². The Morgan fingerprint density at radius 1 is 0.867 bits per heavy atom. The lowest BCUT2D eigenvalue weighted by atomic mass is 10.0. The molecule has 7 heteroatoms. The van der Waals surface area contributed by atoms with Gasteiger partial charge in [0.15, 0.2) is 0 Å². The molecule has 0 spiro atoms. The largest absolute Gasteiger partial charge is 0.519 e. The van der Waals surface area contributed by atoms with E-state index in [4.69, 9.17) is 17.7 Å². The molecule has 0 N–H and O–H groups in total. The van der Waals surface area contributed by atoms with Crippen molar-refractivity contribution in [3.05, 3.63) is 0 Å². The molecule has 1 aliphatic rings. The maximum atomic E-state index is 13.4. The number of carbonyl (C=O) groups excluding carboxylic acids is 1. The van der Waals surface area contributed by atoms with Crippen LogP contribution in [0.2, 0.25) is 23.7 Å². The van der Waals surface area contributed by atoms with Gasteiger partial charge in [-0.1, -0.05) is 78.6 Å². The van der Waals surface area contributed by atoms with E-state index in [0.29, 0.717) is 11.6 Å². The van der Waals surface area contributed by atoms with Gasteiger partial charge < -0.3 is 17.7 Å². The van der Waals surface area contributed by atoms with E-state index in [2.05, 4.69) is 13.8 Å². The predicted octanol–water partition coefficient (Wildman–Crippen LogP) is 6.70. The standard InChI is InChI=1S/C23H48O5Si2/c1-7-9-14-18-29(19-15-10-8-2,22-16-12-11-13-17-22)28-23(24)21(3)20-30(25-4,26-5)27-6/h21-22H,7-20H2,1-6H3. The van der Waals surface area contributed by atoms with Crippen LogP contribution in [0.25, 0.3) is 0 Å². The van der Waals surface area contributed by atoms with E-state index in [-0.39, 0.29) is 11.9 Å². The summed E-state index contributed by atoms with van der Waals surface area (Å²) in [6.07, 6.45) is 13.7. The molecule has 1 atom stereocenters. The van der Waals surface area contributed by atoms with Gasteiger partial charge in [0.05, 0.1) is 5.92 Å². The van der Waals surface area contributed by atoms with Crippen LogP contribution in [0.15, 0.2) is 0 Å². The van der Waals surface area contributed by atoms with Gasteiger partial charge >= 0.3 is 8.80 Å². The summed E-state index contributed by atoms with van der Waals surface area (Å²) in [6, 6.07) is 2.73. The zero-order valence-electron chi connectivity index (χ0n) is 20.6. The highest BCUT2D eigenvalue weighted by molar-refractivity contribution is 6.76. The van der Waals surface area contributed by atoms with Crippen molar-refractivity contribution in [3.8, 4) is 0 Å². The number of hydrogen-bond acceptors (Lipinski definition) is 5. The van der Waals surface area contributed by atoms with Crippen LogP contribution < -0.4 is 0 Å². The van der Waals surface area contributed by atoms with Gasteiger partial charge in [0, 0.05) is 27.4 Å². The first-order chi connectivity index (χ1) is 14.4. The van der Waals surface area contributed by atoms with Crippen LogP contribution in [0.5, 0.6) is 0 Å². The lowest BCUT2D eigenvalue weighted by Crippen LogP contribution is -2.49. The van der Waals surface area contributed by atoms with E-state index < -0.39 is 17.1 Å². The molecule has 0 amide bonds. The highest BCUT2D eigenvalue weighted by atomic mass is 28.4. The van der Waals surface area contributed by atoms with E-state index in [9.17, 15) is 4.79 Å². The summed E-state index contributed by atoms with van der Waals surface area (Å²) in [5.41, 5.74) is 0.630. The molecule has 0 bridgehead atoms. The topological polar surface area (TPSA) is 54.0 Å². The van der Waals surface area contributed by atoms with Crippen molar-refractivity contribution in [1.82, 2.24) is 0 Å². The van der Waals surface area contributed by atoms with Gasteiger partial charge in [-0.3, -0.25) is 4.79 Å². The summed E-state index contributed by atoms with van der Waals surface area (Å²) in [4.78, 5) is 13.4. The summed E-state index contributed by atoms with van der Waals surface area (Å²) >= 11 is 0. The number of hydrogen-bond donors (Lipinski definition) is 0. The average Bonchev–Trinajstić information content (AvgIpc) is 2.78. The van der Waals surface area contributed by atoms with Crippen LogP contribution in [-0.2, 0) is 22.5 Å². The summed E-state index contributed by atoms with van der Waals surface area (Å²) in [6.45, 7) is 6.44. The smallest absolute Gasteiger partial charge is 0.501 e. The Labute approximate surface area is 188 Å². The van der Waals surface area contributed by atoms with Crippen molar-refractivity contribution in [2.75, 3.05) is 21.3 Å². The van der Waals surface area contributed by atoms with Crippen molar-refractivity contribution < 1.29 is 22.5 Å². The molecular formula is C23H48O5Si2. The fourth-order valence-corrected chi connectivity index (χ4v) is 12.1. The minimum absolute atomic E-state index is 0.0525. The number of rotatable bonds is 16. The predicted molar refractivity (Wildman–Crippen MR) is 128 cm³/mol. The van der Waals surface area contributed by atoms with Gasteiger partial charge in [-0.2, -0.15) is 0 Å². The monoisotopic (exact) mass is 460 g/mol. The second-order valence-corrected chi connectivity index (χ2v) is 16.3. The quantitative estimate of drug-likeness (QED) is 0.189. The van der Waals surface area contributed by atoms with Crippen molar-refractivity contribution in [3.63, 3.8) is 0 Å². The molecule has 5 nitrogen and oxygen atoms in total. The van der Waals surface area contributed by atoms with Crippen LogP contribution in [0.1, 0.15) is 91.4 Å². The highest BCUT2D eigenvalue weighted by Crippen LogP contribution is 2.44. The SMILES string of the molecule is CCCCC[Si](CCCCC)(OC(=O)C(C)C[Si](OC)(OC)OC)C1CCCCC1. The summed E-state index contributed by atoms with van der Waals surface area (Å²) < 4.78 is 23.3. The molecule has 1 aliphatic carbocycles. The van der Waals surface area contributed by atoms with E-state index in [1.807, 2.05) is 6.92 Å². The Balaban J connectivity index is 3.02. The molecule has 0 aromatic carbocycles. The summed E-state index contributed by atoms with van der Waals surface area (Å²) in [5.74, 6) is -0.326. The molecule has 1 fully saturated rings. The van der Waals surface area contributed by atoms with Gasteiger partial charge in [0.25, 0.3) is 14.3 Å². The van der Waals surface area contributed by atoms with Crippen LogP contribution in [0.3, 0.4) is 0 Å². The molecule has 0 aromatic heterocycles. The normalized spacial score (nSPS) is 17.1. The molecular weight excluding hydrogens is 412 g/mol. The summed E-state index contributed by atoms with van der Waals surface area (Å²) in [5, 5.41) is 0. The molecule has 0 saturated heterocycles. The molecule has 1 unspecified atom stereocenters. The van der Waals surface area contributed by atoms with Crippen LogP contribution >= 0.6 is 0 Å². The fourth-order valence-electron chi connectivity index (χ4n) is 4.96. The Hall–Kier alpha value is -0.216. The van der Waals surface area contributed by atoms with Crippen LogP contribution in [0.4, 0.5) is 0 Å². The Morgan fingerprint density at radius 3 is 1.80 bits per heavy atom. The lowest BCUT2D eigenvalue weighted by Gasteiger charge is -2.41. The van der Waals surface area contributed by atoms with E-state index in [1.54, 1.807) is 21.3 Å². The Morgan fingerprint density at radius 2 is 1.37 bits per heavy atom. The van der Waals surface area contributed by atoms with Crippen molar-refractivity contribution in [2.24, 2.45) is 5.92 Å². The third kappa shape index (κ3) is 8.37. The van der Waals surface area contributed by atoms with Crippen LogP contribution in [0, 0.1) is 5.92 Å². The Bertz CT molecular complexity index is 446. The molecule has 0 heterocycles. The maximum Gasteiger partial charge on any atom is 0.501 e. The first kappa shape index (κ1) is 27.8. The van der Waals surface area contributed by atoms with Gasteiger partial charge in [-0.25, -0.2) is 0 Å². The minimum Gasteiger partial charge on any atom is -0.519 e. The molecule has 0 aliphatic heterocycles. The average molecular weight is 461 g/mol. The highest BCUT2D eigenvalue weighted by Gasteiger charge is 2.48. The minimum atomic E-state index is -2.81. The second kappa shape index (κ2) is 14.8. The van der Waals surface area contributed by atoms with Crippen molar-refractivity contribution in [1.29, 1.82) is 0 Å². The fraction of sp³-hybridized carbons (Fsp3) is 0.957. The van der Waals surface area contributed by atoms with Crippen LogP contribution in [-0.4, -0.2) is 44.4 Å². The number of carbonyl (C=O) groups is 1. The second-order valence-electron chi connectivity index (χ2n) is 9.14. The zero-order valence-corrected chi connectivity index (χ0v) is 22.6. The van der Waals surface area contributed by atoms with Gasteiger partial charge in [0.2, 0.25) is 0 Å². The van der Waals surface area contributed by atoms with E-state index in [1.165, 1.54) is 70.6 Å². The molecule has 1 rings (SSSR count). The van der Waals surface area contributed by atoms with Crippen molar-refractivity contribution >= 4 is 23.1 Å². The zero-order chi connectivity index (χ0) is 22.5.